The van der Waals surface area contributed by atoms with Crippen molar-refractivity contribution in [3.63, 3.8) is 0 Å². The Hall–Kier alpha value is -1.44. The maximum absolute atomic E-state index is 12.0. The fraction of sp³-hybridized carbons (Fsp3) is 0.462. The monoisotopic (exact) mass is 301 g/mol. The van der Waals surface area contributed by atoms with Crippen LogP contribution in [0.5, 0.6) is 0 Å². The molecule has 0 aliphatic carbocycles. The van der Waals surface area contributed by atoms with E-state index in [2.05, 4.69) is 9.46 Å². The number of benzene rings is 1. The summed E-state index contributed by atoms with van der Waals surface area (Å²) in [5.41, 5.74) is -0.976. The van der Waals surface area contributed by atoms with Crippen LogP contribution < -0.4 is 4.72 Å². The second-order valence-electron chi connectivity index (χ2n) is 4.63. The summed E-state index contributed by atoms with van der Waals surface area (Å²) in [6.07, 6.45) is 0. The Morgan fingerprint density at radius 3 is 2.40 bits per heavy atom. The lowest BCUT2D eigenvalue weighted by Crippen LogP contribution is -2.47. The third-order valence-corrected chi connectivity index (χ3v) is 4.07. The van der Waals surface area contributed by atoms with Crippen LogP contribution in [-0.4, -0.2) is 38.2 Å². The molecule has 7 heteroatoms. The normalized spacial score (nSPS) is 14.6. The molecule has 6 nitrogen and oxygen atoms in total. The van der Waals surface area contributed by atoms with Crippen molar-refractivity contribution in [3.8, 4) is 0 Å². The molecule has 0 aromatic heterocycles. The molecular formula is C13H19NO5S. The summed E-state index contributed by atoms with van der Waals surface area (Å²) in [5.74, 6) is -0.869. The SMILES string of the molecule is CCOC(=O)[C@@](C)(O)CNS(=O)(=O)c1ccc(C)cc1. The predicted octanol–water partition coefficient (Wildman–Crippen LogP) is 0.587. The van der Waals surface area contributed by atoms with E-state index in [1.807, 2.05) is 6.92 Å². The van der Waals surface area contributed by atoms with Crippen LogP contribution in [-0.2, 0) is 19.6 Å². The Labute approximate surface area is 118 Å². The Bertz CT molecular complexity index is 563. The molecule has 0 saturated carbocycles. The lowest BCUT2D eigenvalue weighted by molar-refractivity contribution is -0.162. The molecule has 1 rings (SSSR count). The minimum Gasteiger partial charge on any atom is -0.464 e. The summed E-state index contributed by atoms with van der Waals surface area (Å²) in [5, 5.41) is 9.87. The van der Waals surface area contributed by atoms with Crippen molar-refractivity contribution in [2.75, 3.05) is 13.2 Å². The van der Waals surface area contributed by atoms with Crippen LogP contribution in [0.15, 0.2) is 29.2 Å². The standard InChI is InChI=1S/C13H19NO5S/c1-4-19-12(15)13(3,16)9-14-20(17,18)11-7-5-10(2)6-8-11/h5-8,14,16H,4,9H2,1-3H3/t13-/m0/s1. The molecule has 0 radical (unpaired) electrons. The molecule has 20 heavy (non-hydrogen) atoms. The van der Waals surface area contributed by atoms with Crippen molar-refractivity contribution in [1.29, 1.82) is 0 Å². The highest BCUT2D eigenvalue weighted by Gasteiger charge is 2.33. The van der Waals surface area contributed by atoms with Gasteiger partial charge in [-0.2, -0.15) is 0 Å². The van der Waals surface area contributed by atoms with Crippen LogP contribution in [0.1, 0.15) is 19.4 Å². The topological polar surface area (TPSA) is 92.7 Å². The van der Waals surface area contributed by atoms with Crippen molar-refractivity contribution in [1.82, 2.24) is 4.72 Å². The van der Waals surface area contributed by atoms with Crippen LogP contribution in [0.25, 0.3) is 0 Å². The molecule has 0 spiro atoms. The van der Waals surface area contributed by atoms with Crippen LogP contribution in [0.3, 0.4) is 0 Å². The summed E-state index contributed by atoms with van der Waals surface area (Å²) < 4.78 is 30.9. The molecule has 0 heterocycles. The maximum Gasteiger partial charge on any atom is 0.339 e. The Morgan fingerprint density at radius 2 is 1.90 bits per heavy atom. The minimum absolute atomic E-state index is 0.0720. The van der Waals surface area contributed by atoms with Gasteiger partial charge >= 0.3 is 5.97 Å². The van der Waals surface area contributed by atoms with E-state index in [1.54, 1.807) is 19.1 Å². The van der Waals surface area contributed by atoms with Gasteiger partial charge in [0.2, 0.25) is 10.0 Å². The molecule has 112 valence electrons. The van der Waals surface area contributed by atoms with Crippen LogP contribution in [0.4, 0.5) is 0 Å². The van der Waals surface area contributed by atoms with Gasteiger partial charge in [-0.15, -0.1) is 0 Å². The Kier molecular flexibility index (Phi) is 5.27. The third-order valence-electron chi connectivity index (χ3n) is 2.65. The summed E-state index contributed by atoms with van der Waals surface area (Å²) >= 11 is 0. The number of aryl methyl sites for hydroxylation is 1. The van der Waals surface area contributed by atoms with Gasteiger partial charge in [0.25, 0.3) is 0 Å². The number of carbonyl (C=O) groups is 1. The summed E-state index contributed by atoms with van der Waals surface area (Å²) in [6.45, 7) is 4.30. The molecule has 0 saturated heterocycles. The number of aliphatic hydroxyl groups is 1. The number of rotatable bonds is 6. The van der Waals surface area contributed by atoms with Crippen molar-refractivity contribution in [3.05, 3.63) is 29.8 Å². The van der Waals surface area contributed by atoms with Gasteiger partial charge in [0.05, 0.1) is 18.0 Å². The van der Waals surface area contributed by atoms with E-state index >= 15 is 0 Å². The van der Waals surface area contributed by atoms with Gasteiger partial charge in [-0.1, -0.05) is 17.7 Å². The number of esters is 1. The van der Waals surface area contributed by atoms with E-state index in [1.165, 1.54) is 19.1 Å². The lowest BCUT2D eigenvalue weighted by atomic mass is 10.1. The predicted molar refractivity (Wildman–Crippen MR) is 73.6 cm³/mol. The maximum atomic E-state index is 12.0. The Morgan fingerprint density at radius 1 is 1.35 bits per heavy atom. The van der Waals surface area contributed by atoms with E-state index in [-0.39, 0.29) is 11.5 Å². The first kappa shape index (κ1) is 16.6. The first-order valence-electron chi connectivity index (χ1n) is 6.15. The summed E-state index contributed by atoms with van der Waals surface area (Å²) in [4.78, 5) is 11.5. The molecule has 0 amide bonds. The highest BCUT2D eigenvalue weighted by Crippen LogP contribution is 2.12. The number of hydrogen-bond acceptors (Lipinski definition) is 5. The third kappa shape index (κ3) is 4.29. The second kappa shape index (κ2) is 6.34. The lowest BCUT2D eigenvalue weighted by Gasteiger charge is -2.21. The number of hydrogen-bond donors (Lipinski definition) is 2. The Balaban J connectivity index is 2.77. The van der Waals surface area contributed by atoms with Gasteiger partial charge in [-0.3, -0.25) is 0 Å². The van der Waals surface area contributed by atoms with Crippen molar-refractivity contribution in [2.45, 2.75) is 31.3 Å². The molecule has 1 atom stereocenters. The molecule has 0 unspecified atom stereocenters. The summed E-state index contributed by atoms with van der Waals surface area (Å²) in [6, 6.07) is 6.24. The first-order chi connectivity index (χ1) is 9.19. The van der Waals surface area contributed by atoms with Crippen molar-refractivity contribution < 1.29 is 23.1 Å². The molecule has 1 aromatic carbocycles. The smallest absolute Gasteiger partial charge is 0.339 e. The second-order valence-corrected chi connectivity index (χ2v) is 6.40. The molecule has 0 fully saturated rings. The number of sulfonamides is 1. The quantitative estimate of drug-likeness (QED) is 0.750. The van der Waals surface area contributed by atoms with Gasteiger partial charge < -0.3 is 9.84 Å². The highest BCUT2D eigenvalue weighted by atomic mass is 32.2. The van der Waals surface area contributed by atoms with Gasteiger partial charge in [-0.25, -0.2) is 17.9 Å². The summed E-state index contributed by atoms with van der Waals surface area (Å²) in [7, 11) is -3.78. The molecule has 0 bridgehead atoms. The van der Waals surface area contributed by atoms with E-state index in [9.17, 15) is 18.3 Å². The number of carbonyl (C=O) groups excluding carboxylic acids is 1. The van der Waals surface area contributed by atoms with Gasteiger partial charge in [0.15, 0.2) is 5.60 Å². The minimum atomic E-state index is -3.78. The van der Waals surface area contributed by atoms with E-state index in [0.29, 0.717) is 0 Å². The van der Waals surface area contributed by atoms with Crippen molar-refractivity contribution >= 4 is 16.0 Å². The largest absolute Gasteiger partial charge is 0.464 e. The van der Waals surface area contributed by atoms with Crippen molar-refractivity contribution in [2.24, 2.45) is 0 Å². The fourth-order valence-electron chi connectivity index (χ4n) is 1.40. The zero-order chi connectivity index (χ0) is 15.4. The molecule has 0 aliphatic heterocycles. The first-order valence-corrected chi connectivity index (χ1v) is 7.63. The van der Waals surface area contributed by atoms with Crippen LogP contribution >= 0.6 is 0 Å². The van der Waals surface area contributed by atoms with Gasteiger partial charge in [0, 0.05) is 0 Å². The van der Waals surface area contributed by atoms with E-state index in [4.69, 9.17) is 0 Å². The van der Waals surface area contributed by atoms with Crippen LogP contribution in [0.2, 0.25) is 0 Å². The fourth-order valence-corrected chi connectivity index (χ4v) is 2.53. The molecule has 0 aliphatic rings. The highest BCUT2D eigenvalue weighted by molar-refractivity contribution is 7.89. The average Bonchev–Trinajstić information content (AvgIpc) is 2.37. The molecule has 2 N–H and O–H groups in total. The number of ether oxygens (including phenoxy) is 1. The van der Waals surface area contributed by atoms with Gasteiger partial charge in [0.1, 0.15) is 0 Å². The molecular weight excluding hydrogens is 282 g/mol. The van der Waals surface area contributed by atoms with Crippen LogP contribution in [0, 0.1) is 6.92 Å². The zero-order valence-electron chi connectivity index (χ0n) is 11.7. The molecule has 1 aromatic rings. The zero-order valence-corrected chi connectivity index (χ0v) is 12.5. The average molecular weight is 301 g/mol. The number of nitrogens with one attached hydrogen (secondary N) is 1. The van der Waals surface area contributed by atoms with Gasteiger partial charge in [-0.05, 0) is 32.9 Å². The van der Waals surface area contributed by atoms with E-state index in [0.717, 1.165) is 5.56 Å². The van der Waals surface area contributed by atoms with E-state index < -0.39 is 28.1 Å².